The zero-order valence-corrected chi connectivity index (χ0v) is 10.8. The normalized spacial score (nSPS) is 11.2. The monoisotopic (exact) mass is 245 g/mol. The summed E-state index contributed by atoms with van der Waals surface area (Å²) in [7, 11) is 1.62. The van der Waals surface area contributed by atoms with Gasteiger partial charge in [-0.2, -0.15) is 0 Å². The number of hydrogen-bond acceptors (Lipinski definition) is 4. The van der Waals surface area contributed by atoms with Crippen molar-refractivity contribution in [3.63, 3.8) is 0 Å². The predicted molar refractivity (Wildman–Crippen MR) is 65.4 cm³/mol. The number of nitrogens with one attached hydrogen (secondary N) is 2. The fraction of sp³-hybridized carbons (Fsp3) is 0.818. The molecule has 6 heteroatoms. The average Bonchev–Trinajstić information content (AvgIpc) is 2.20. The van der Waals surface area contributed by atoms with Crippen LogP contribution in [0.4, 0.5) is 0 Å². The van der Waals surface area contributed by atoms with Crippen molar-refractivity contribution in [2.24, 2.45) is 5.73 Å². The van der Waals surface area contributed by atoms with Crippen LogP contribution in [-0.4, -0.2) is 44.2 Å². The highest BCUT2D eigenvalue weighted by Gasteiger charge is 2.20. The summed E-state index contributed by atoms with van der Waals surface area (Å²) in [5, 5.41) is 5.73. The summed E-state index contributed by atoms with van der Waals surface area (Å²) in [5.41, 5.74) is 4.64. The molecule has 17 heavy (non-hydrogen) atoms. The van der Waals surface area contributed by atoms with Crippen LogP contribution < -0.4 is 16.4 Å². The standard InChI is InChI=1S/C11H23N3O3/c1-11(2,7-9(12)15)14-8-10(16)13-5-4-6-17-3/h14H,4-8H2,1-3H3,(H2,12,15)(H,13,16). The molecule has 0 saturated carbocycles. The molecule has 0 aliphatic heterocycles. The molecule has 0 aromatic rings. The number of methoxy groups -OCH3 is 1. The molecule has 0 heterocycles. The number of nitrogens with two attached hydrogens (primary N) is 1. The molecule has 0 atom stereocenters. The Labute approximate surface area is 102 Å². The lowest BCUT2D eigenvalue weighted by molar-refractivity contribution is -0.122. The summed E-state index contributed by atoms with van der Waals surface area (Å²) < 4.78 is 4.86. The summed E-state index contributed by atoms with van der Waals surface area (Å²) in [6.07, 6.45) is 0.983. The first-order chi connectivity index (χ1) is 7.87. The van der Waals surface area contributed by atoms with E-state index < -0.39 is 5.54 Å². The van der Waals surface area contributed by atoms with Crippen molar-refractivity contribution >= 4 is 11.8 Å². The van der Waals surface area contributed by atoms with Crippen LogP contribution in [0, 0.1) is 0 Å². The van der Waals surface area contributed by atoms with Gasteiger partial charge in [-0.05, 0) is 20.3 Å². The maximum Gasteiger partial charge on any atom is 0.233 e. The molecule has 2 amide bonds. The Kier molecular flexibility index (Phi) is 7.49. The fourth-order valence-corrected chi connectivity index (χ4v) is 1.32. The summed E-state index contributed by atoms with van der Waals surface area (Å²) in [5.74, 6) is -0.485. The Balaban J connectivity index is 3.71. The highest BCUT2D eigenvalue weighted by Crippen LogP contribution is 2.06. The van der Waals surface area contributed by atoms with Crippen LogP contribution in [0.2, 0.25) is 0 Å². The lowest BCUT2D eigenvalue weighted by atomic mass is 10.0. The van der Waals surface area contributed by atoms with Crippen LogP contribution in [0.25, 0.3) is 0 Å². The second-order valence-electron chi connectivity index (χ2n) is 4.58. The topological polar surface area (TPSA) is 93.4 Å². The third-order valence-corrected chi connectivity index (χ3v) is 2.19. The molecule has 6 nitrogen and oxygen atoms in total. The summed E-state index contributed by atoms with van der Waals surface area (Å²) >= 11 is 0. The quantitative estimate of drug-likeness (QED) is 0.472. The van der Waals surface area contributed by atoms with Crippen molar-refractivity contribution in [1.82, 2.24) is 10.6 Å². The van der Waals surface area contributed by atoms with E-state index in [4.69, 9.17) is 10.5 Å². The molecule has 0 spiro atoms. The predicted octanol–water partition coefficient (Wildman–Crippen LogP) is -0.617. The van der Waals surface area contributed by atoms with Crippen LogP contribution >= 0.6 is 0 Å². The van der Waals surface area contributed by atoms with Gasteiger partial charge in [-0.25, -0.2) is 0 Å². The van der Waals surface area contributed by atoms with E-state index in [9.17, 15) is 9.59 Å². The van der Waals surface area contributed by atoms with Gasteiger partial charge < -0.3 is 21.1 Å². The molecule has 0 unspecified atom stereocenters. The van der Waals surface area contributed by atoms with Gasteiger partial charge in [-0.3, -0.25) is 9.59 Å². The van der Waals surface area contributed by atoms with E-state index in [1.54, 1.807) is 7.11 Å². The van der Waals surface area contributed by atoms with Crippen molar-refractivity contribution in [3.05, 3.63) is 0 Å². The van der Waals surface area contributed by atoms with E-state index in [0.29, 0.717) is 13.2 Å². The Hall–Kier alpha value is -1.14. The smallest absolute Gasteiger partial charge is 0.233 e. The first kappa shape index (κ1) is 15.9. The number of ether oxygens (including phenoxy) is 1. The van der Waals surface area contributed by atoms with Gasteiger partial charge >= 0.3 is 0 Å². The molecule has 4 N–H and O–H groups in total. The number of carbonyl (C=O) groups excluding carboxylic acids is 2. The number of amides is 2. The molecule has 0 radical (unpaired) electrons. The SMILES string of the molecule is COCCCNC(=O)CNC(C)(C)CC(N)=O. The second-order valence-corrected chi connectivity index (χ2v) is 4.58. The Morgan fingerprint density at radius 1 is 1.35 bits per heavy atom. The minimum atomic E-state index is -0.463. The highest BCUT2D eigenvalue weighted by atomic mass is 16.5. The molecular formula is C11H23N3O3. The van der Waals surface area contributed by atoms with Gasteiger partial charge in [0.25, 0.3) is 0 Å². The van der Waals surface area contributed by atoms with Crippen molar-refractivity contribution < 1.29 is 14.3 Å². The van der Waals surface area contributed by atoms with Crippen molar-refractivity contribution in [3.8, 4) is 0 Å². The van der Waals surface area contributed by atoms with Gasteiger partial charge in [-0.1, -0.05) is 0 Å². The first-order valence-electron chi connectivity index (χ1n) is 5.66. The average molecular weight is 245 g/mol. The molecule has 0 aromatic heterocycles. The van der Waals surface area contributed by atoms with Gasteiger partial charge in [0.05, 0.1) is 6.54 Å². The van der Waals surface area contributed by atoms with Crippen molar-refractivity contribution in [2.75, 3.05) is 26.8 Å². The maximum absolute atomic E-state index is 11.4. The van der Waals surface area contributed by atoms with Gasteiger partial charge in [0.2, 0.25) is 11.8 Å². The molecule has 0 saturated heterocycles. The van der Waals surface area contributed by atoms with Crippen LogP contribution in [0.5, 0.6) is 0 Å². The number of carbonyl (C=O) groups is 2. The molecule has 0 aliphatic carbocycles. The third-order valence-electron chi connectivity index (χ3n) is 2.19. The number of primary amides is 1. The van der Waals surface area contributed by atoms with E-state index in [1.165, 1.54) is 0 Å². The minimum Gasteiger partial charge on any atom is -0.385 e. The maximum atomic E-state index is 11.4. The van der Waals surface area contributed by atoms with E-state index >= 15 is 0 Å². The van der Waals surface area contributed by atoms with Gasteiger partial charge in [0.1, 0.15) is 0 Å². The molecular weight excluding hydrogens is 222 g/mol. The van der Waals surface area contributed by atoms with Gasteiger partial charge in [0, 0.05) is 32.2 Å². The molecule has 0 fully saturated rings. The Bertz CT molecular complexity index is 254. The van der Waals surface area contributed by atoms with Crippen molar-refractivity contribution in [1.29, 1.82) is 0 Å². The minimum absolute atomic E-state index is 0.0985. The van der Waals surface area contributed by atoms with E-state index in [0.717, 1.165) is 6.42 Å². The van der Waals surface area contributed by atoms with Crippen LogP contribution in [0.1, 0.15) is 26.7 Å². The van der Waals surface area contributed by atoms with E-state index in [-0.39, 0.29) is 24.8 Å². The lowest BCUT2D eigenvalue weighted by Crippen LogP contribution is -2.47. The largest absolute Gasteiger partial charge is 0.385 e. The van der Waals surface area contributed by atoms with Crippen molar-refractivity contribution in [2.45, 2.75) is 32.2 Å². The highest BCUT2D eigenvalue weighted by molar-refractivity contribution is 5.78. The van der Waals surface area contributed by atoms with Crippen LogP contribution in [0.15, 0.2) is 0 Å². The molecule has 0 bridgehead atoms. The summed E-state index contributed by atoms with van der Waals surface area (Å²) in [4.78, 5) is 22.2. The van der Waals surface area contributed by atoms with E-state index in [2.05, 4.69) is 10.6 Å². The Morgan fingerprint density at radius 3 is 2.53 bits per heavy atom. The van der Waals surface area contributed by atoms with Crippen LogP contribution in [0.3, 0.4) is 0 Å². The summed E-state index contributed by atoms with van der Waals surface area (Å²) in [6.45, 7) is 5.05. The van der Waals surface area contributed by atoms with Gasteiger partial charge in [0.15, 0.2) is 0 Å². The first-order valence-corrected chi connectivity index (χ1v) is 5.66. The van der Waals surface area contributed by atoms with Crippen LogP contribution in [-0.2, 0) is 14.3 Å². The number of hydrogen-bond donors (Lipinski definition) is 3. The Morgan fingerprint density at radius 2 is 2.00 bits per heavy atom. The van der Waals surface area contributed by atoms with Gasteiger partial charge in [-0.15, -0.1) is 0 Å². The number of rotatable bonds is 9. The zero-order valence-electron chi connectivity index (χ0n) is 10.8. The van der Waals surface area contributed by atoms with E-state index in [1.807, 2.05) is 13.8 Å². The fourth-order valence-electron chi connectivity index (χ4n) is 1.32. The molecule has 100 valence electrons. The zero-order chi connectivity index (χ0) is 13.3. The molecule has 0 aliphatic rings. The second kappa shape index (κ2) is 8.03. The molecule has 0 rings (SSSR count). The summed E-state index contributed by atoms with van der Waals surface area (Å²) in [6, 6.07) is 0. The lowest BCUT2D eigenvalue weighted by Gasteiger charge is -2.24. The molecule has 0 aromatic carbocycles. The third kappa shape index (κ3) is 9.77.